The molecule has 0 spiro atoms. The maximum Gasteiger partial charge on any atom is 0.220 e. The van der Waals surface area contributed by atoms with Gasteiger partial charge in [-0.05, 0) is 45.3 Å². The molecule has 0 aliphatic carbocycles. The maximum absolute atomic E-state index is 12.0. The lowest BCUT2D eigenvalue weighted by molar-refractivity contribution is -0.122. The molecule has 2 rings (SSSR count). The van der Waals surface area contributed by atoms with Crippen LogP contribution in [-0.2, 0) is 11.3 Å². The highest BCUT2D eigenvalue weighted by atomic mass is 35.5. The quantitative estimate of drug-likeness (QED) is 0.765. The van der Waals surface area contributed by atoms with Gasteiger partial charge in [0.2, 0.25) is 5.91 Å². The third-order valence-electron chi connectivity index (χ3n) is 4.17. The first-order chi connectivity index (χ1) is 10.6. The van der Waals surface area contributed by atoms with Gasteiger partial charge in [-0.25, -0.2) is 0 Å². The van der Waals surface area contributed by atoms with Crippen molar-refractivity contribution in [3.05, 3.63) is 35.9 Å². The van der Waals surface area contributed by atoms with Gasteiger partial charge in [0.15, 0.2) is 0 Å². The molecule has 1 aromatic carbocycles. The summed E-state index contributed by atoms with van der Waals surface area (Å²) in [6.45, 7) is 4.95. The number of halogens is 1. The standard InChI is InChI=1S/C18H29N3O.ClH/c1-15(13-21(2)14-16-7-4-3-5-8-16)20-18(22)11-10-17-9-6-12-19-17;/h3-5,7-8,15,17,19H,6,9-14H2,1-2H3,(H,20,22);1H. The molecule has 0 bridgehead atoms. The van der Waals surface area contributed by atoms with E-state index in [1.54, 1.807) is 0 Å². The van der Waals surface area contributed by atoms with Gasteiger partial charge in [0.05, 0.1) is 0 Å². The summed E-state index contributed by atoms with van der Waals surface area (Å²) in [5.74, 6) is 0.175. The zero-order valence-electron chi connectivity index (χ0n) is 14.3. The number of carbonyl (C=O) groups excluding carboxylic acids is 1. The minimum Gasteiger partial charge on any atom is -0.352 e. The topological polar surface area (TPSA) is 44.4 Å². The fourth-order valence-corrected chi connectivity index (χ4v) is 3.13. The van der Waals surface area contributed by atoms with Crippen LogP contribution in [0, 0.1) is 0 Å². The second kappa shape index (κ2) is 10.6. The number of carbonyl (C=O) groups is 1. The summed E-state index contributed by atoms with van der Waals surface area (Å²) in [7, 11) is 2.10. The Balaban J connectivity index is 0.00000264. The highest BCUT2D eigenvalue weighted by Crippen LogP contribution is 2.10. The van der Waals surface area contributed by atoms with Gasteiger partial charge >= 0.3 is 0 Å². The highest BCUT2D eigenvalue weighted by molar-refractivity contribution is 5.85. The molecule has 1 amide bonds. The zero-order valence-corrected chi connectivity index (χ0v) is 15.1. The van der Waals surface area contributed by atoms with Crippen LogP contribution in [0.25, 0.3) is 0 Å². The maximum atomic E-state index is 12.0. The average Bonchev–Trinajstić information content (AvgIpc) is 2.99. The van der Waals surface area contributed by atoms with Crippen molar-refractivity contribution in [3.8, 4) is 0 Å². The number of likely N-dealkylation sites (N-methyl/N-ethyl adjacent to an activating group) is 1. The lowest BCUT2D eigenvalue weighted by Gasteiger charge is -2.22. The van der Waals surface area contributed by atoms with Crippen molar-refractivity contribution < 1.29 is 4.79 Å². The number of amides is 1. The summed E-state index contributed by atoms with van der Waals surface area (Å²) in [6.07, 6.45) is 4.04. The zero-order chi connectivity index (χ0) is 15.8. The van der Waals surface area contributed by atoms with Gasteiger partial charge in [-0.3, -0.25) is 4.79 Å². The summed E-state index contributed by atoms with van der Waals surface area (Å²) in [6, 6.07) is 11.1. The fraction of sp³-hybridized carbons (Fsp3) is 0.611. The van der Waals surface area contributed by atoms with Crippen LogP contribution in [0.5, 0.6) is 0 Å². The van der Waals surface area contributed by atoms with E-state index in [2.05, 4.69) is 53.8 Å². The Hall–Kier alpha value is -1.10. The molecule has 1 heterocycles. The molecule has 1 aliphatic heterocycles. The second-order valence-electron chi connectivity index (χ2n) is 6.48. The molecule has 0 aromatic heterocycles. The molecule has 1 fully saturated rings. The number of rotatable bonds is 8. The summed E-state index contributed by atoms with van der Waals surface area (Å²) in [5, 5.41) is 6.55. The summed E-state index contributed by atoms with van der Waals surface area (Å²) >= 11 is 0. The number of hydrogen-bond acceptors (Lipinski definition) is 3. The van der Waals surface area contributed by atoms with E-state index >= 15 is 0 Å². The first-order valence-electron chi connectivity index (χ1n) is 8.38. The Morgan fingerprint density at radius 3 is 2.78 bits per heavy atom. The van der Waals surface area contributed by atoms with Crippen molar-refractivity contribution in [1.29, 1.82) is 0 Å². The monoisotopic (exact) mass is 339 g/mol. The molecular formula is C18H30ClN3O. The van der Waals surface area contributed by atoms with Crippen molar-refractivity contribution in [3.63, 3.8) is 0 Å². The molecule has 2 N–H and O–H groups in total. The lowest BCUT2D eigenvalue weighted by Crippen LogP contribution is -2.40. The number of nitrogens with zero attached hydrogens (tertiary/aromatic N) is 1. The molecule has 0 radical (unpaired) electrons. The first-order valence-corrected chi connectivity index (χ1v) is 8.38. The Morgan fingerprint density at radius 2 is 2.13 bits per heavy atom. The van der Waals surface area contributed by atoms with Gasteiger partial charge in [-0.15, -0.1) is 12.4 Å². The summed E-state index contributed by atoms with van der Waals surface area (Å²) in [4.78, 5) is 14.2. The number of benzene rings is 1. The van der Waals surface area contributed by atoms with E-state index in [0.717, 1.165) is 26.1 Å². The molecule has 23 heavy (non-hydrogen) atoms. The van der Waals surface area contributed by atoms with E-state index in [-0.39, 0.29) is 24.4 Å². The molecule has 5 heteroatoms. The predicted molar refractivity (Wildman–Crippen MR) is 97.9 cm³/mol. The molecule has 1 aromatic rings. The molecule has 2 atom stereocenters. The van der Waals surface area contributed by atoms with Crippen LogP contribution in [-0.4, -0.2) is 43.0 Å². The minimum atomic E-state index is 0. The Labute approximate surface area is 146 Å². The predicted octanol–water partition coefficient (Wildman–Crippen LogP) is 2.58. The molecular weight excluding hydrogens is 310 g/mol. The molecule has 0 saturated carbocycles. The Morgan fingerprint density at radius 1 is 1.39 bits per heavy atom. The first kappa shape index (κ1) is 19.9. The number of nitrogens with one attached hydrogen (secondary N) is 2. The van der Waals surface area contributed by atoms with Gasteiger partial charge in [0, 0.05) is 31.6 Å². The second-order valence-corrected chi connectivity index (χ2v) is 6.48. The van der Waals surface area contributed by atoms with Gasteiger partial charge < -0.3 is 15.5 Å². The minimum absolute atomic E-state index is 0. The van der Waals surface area contributed by atoms with Gasteiger partial charge in [-0.2, -0.15) is 0 Å². The largest absolute Gasteiger partial charge is 0.352 e. The molecule has 130 valence electrons. The van der Waals surface area contributed by atoms with Crippen molar-refractivity contribution in [2.45, 2.75) is 51.2 Å². The van der Waals surface area contributed by atoms with Gasteiger partial charge in [-0.1, -0.05) is 30.3 Å². The van der Waals surface area contributed by atoms with Crippen LogP contribution < -0.4 is 10.6 Å². The van der Waals surface area contributed by atoms with E-state index < -0.39 is 0 Å². The van der Waals surface area contributed by atoms with E-state index in [0.29, 0.717) is 12.5 Å². The van der Waals surface area contributed by atoms with E-state index in [4.69, 9.17) is 0 Å². The van der Waals surface area contributed by atoms with Crippen molar-refractivity contribution in [2.75, 3.05) is 20.1 Å². The van der Waals surface area contributed by atoms with Crippen molar-refractivity contribution >= 4 is 18.3 Å². The Kier molecular flexibility index (Phi) is 9.22. The molecule has 4 nitrogen and oxygen atoms in total. The normalized spacial score (nSPS) is 18.5. The van der Waals surface area contributed by atoms with E-state index in [1.165, 1.54) is 18.4 Å². The SMILES string of the molecule is CC(CN(C)Cc1ccccc1)NC(=O)CCC1CCCN1.Cl. The van der Waals surface area contributed by atoms with Crippen LogP contribution in [0.2, 0.25) is 0 Å². The number of hydrogen-bond donors (Lipinski definition) is 2. The van der Waals surface area contributed by atoms with Crippen LogP contribution in [0.1, 0.15) is 38.2 Å². The average molecular weight is 340 g/mol. The van der Waals surface area contributed by atoms with Gasteiger partial charge in [0.25, 0.3) is 0 Å². The van der Waals surface area contributed by atoms with Crippen LogP contribution in [0.15, 0.2) is 30.3 Å². The van der Waals surface area contributed by atoms with Crippen molar-refractivity contribution in [1.82, 2.24) is 15.5 Å². The summed E-state index contributed by atoms with van der Waals surface area (Å²) < 4.78 is 0. The summed E-state index contributed by atoms with van der Waals surface area (Å²) in [5.41, 5.74) is 1.30. The fourth-order valence-electron chi connectivity index (χ4n) is 3.13. The van der Waals surface area contributed by atoms with Crippen molar-refractivity contribution in [2.24, 2.45) is 0 Å². The molecule has 1 saturated heterocycles. The van der Waals surface area contributed by atoms with E-state index in [9.17, 15) is 4.79 Å². The van der Waals surface area contributed by atoms with Crippen LogP contribution in [0.3, 0.4) is 0 Å². The van der Waals surface area contributed by atoms with E-state index in [1.807, 2.05) is 6.07 Å². The third-order valence-corrected chi connectivity index (χ3v) is 4.17. The smallest absolute Gasteiger partial charge is 0.220 e. The molecule has 1 aliphatic rings. The third kappa shape index (κ3) is 7.82. The molecule has 2 unspecified atom stereocenters. The lowest BCUT2D eigenvalue weighted by atomic mass is 10.1. The highest BCUT2D eigenvalue weighted by Gasteiger charge is 2.16. The van der Waals surface area contributed by atoms with Crippen LogP contribution in [0.4, 0.5) is 0 Å². The van der Waals surface area contributed by atoms with Crippen LogP contribution >= 0.6 is 12.4 Å². The Bertz CT molecular complexity index is 449. The van der Waals surface area contributed by atoms with Gasteiger partial charge in [0.1, 0.15) is 0 Å².